The highest BCUT2D eigenvalue weighted by atomic mass is 35.5. The number of amidine groups is 1. The van der Waals surface area contributed by atoms with Gasteiger partial charge in [-0.2, -0.15) is 0 Å². The second-order valence-electron chi connectivity index (χ2n) is 12.8. The van der Waals surface area contributed by atoms with Crippen molar-refractivity contribution in [2.75, 3.05) is 61.5 Å². The molecule has 0 aliphatic carbocycles. The van der Waals surface area contributed by atoms with E-state index < -0.39 is 5.79 Å². The Morgan fingerprint density at radius 2 is 1.67 bits per heavy atom. The SMILES string of the molecule is CC(C)N1CCCSC1=Nc1ccc(N2CCN(c3ccc(OC[C@@H]4CO[C@@](Cn5ccnc5)(c5ccc(Cl)cc5Cl)O4)cc3)CC2)cc1. The zero-order valence-corrected chi connectivity index (χ0v) is 30.2. The maximum atomic E-state index is 6.61. The van der Waals surface area contributed by atoms with Gasteiger partial charge in [0.1, 0.15) is 18.5 Å². The van der Waals surface area contributed by atoms with Gasteiger partial charge in [0.2, 0.25) is 5.79 Å². The first-order valence-corrected chi connectivity index (χ1v) is 18.6. The average Bonchev–Trinajstić information content (AvgIpc) is 3.79. The smallest absolute Gasteiger partial charge is 0.215 e. The van der Waals surface area contributed by atoms with Gasteiger partial charge in [-0.1, -0.05) is 41.0 Å². The van der Waals surface area contributed by atoms with Gasteiger partial charge in [0.05, 0.1) is 30.2 Å². The standard InChI is InChI=1S/C37H42Cl2N6O3S/c1-27(2)45-15-3-21-49-36(45)41-29-5-7-30(8-6-29)43-17-19-44(20-18-43)31-9-11-32(12-10-31)46-23-33-24-47-37(48-33,25-42-16-14-40-26-42)34-13-4-28(38)22-35(34)39/h4-14,16,22,26-27,33H,3,15,17-21,23-25H2,1-2H3/t33-,37-/m1/s1. The number of piperazine rings is 1. The van der Waals surface area contributed by atoms with Gasteiger partial charge in [0, 0.05) is 78.9 Å². The predicted octanol–water partition coefficient (Wildman–Crippen LogP) is 7.70. The van der Waals surface area contributed by atoms with E-state index in [1.807, 2.05) is 40.7 Å². The molecule has 3 saturated heterocycles. The Labute approximate surface area is 302 Å². The molecule has 0 amide bonds. The van der Waals surface area contributed by atoms with E-state index in [1.165, 1.54) is 17.8 Å². The van der Waals surface area contributed by atoms with E-state index in [0.29, 0.717) is 35.8 Å². The van der Waals surface area contributed by atoms with Crippen LogP contribution >= 0.6 is 35.0 Å². The van der Waals surface area contributed by atoms with E-state index in [4.69, 9.17) is 42.4 Å². The first kappa shape index (κ1) is 34.1. The fourth-order valence-electron chi connectivity index (χ4n) is 6.54. The summed E-state index contributed by atoms with van der Waals surface area (Å²) in [5.41, 5.74) is 4.18. The van der Waals surface area contributed by atoms with Crippen molar-refractivity contribution in [3.05, 3.63) is 101 Å². The fraction of sp³-hybridized carbons (Fsp3) is 0.405. The van der Waals surface area contributed by atoms with Gasteiger partial charge in [0.25, 0.3) is 0 Å². The molecule has 3 fully saturated rings. The highest BCUT2D eigenvalue weighted by Gasteiger charge is 2.45. The third-order valence-corrected chi connectivity index (χ3v) is 10.8. The highest BCUT2D eigenvalue weighted by molar-refractivity contribution is 8.13. The Balaban J connectivity index is 0.914. The minimum absolute atomic E-state index is 0.287. The summed E-state index contributed by atoms with van der Waals surface area (Å²) >= 11 is 14.7. The van der Waals surface area contributed by atoms with Crippen LogP contribution in [0.5, 0.6) is 5.75 Å². The number of imidazole rings is 1. The normalized spacial score (nSPS) is 22.3. The number of benzene rings is 3. The Kier molecular flexibility index (Phi) is 10.6. The summed E-state index contributed by atoms with van der Waals surface area (Å²) < 4.78 is 20.9. The van der Waals surface area contributed by atoms with Gasteiger partial charge >= 0.3 is 0 Å². The summed E-state index contributed by atoms with van der Waals surface area (Å²) in [4.78, 5) is 16.4. The van der Waals surface area contributed by atoms with E-state index in [-0.39, 0.29) is 6.10 Å². The molecule has 1 aromatic heterocycles. The largest absolute Gasteiger partial charge is 0.491 e. The molecule has 4 aromatic rings. The Morgan fingerprint density at radius 1 is 0.959 bits per heavy atom. The van der Waals surface area contributed by atoms with Crippen LogP contribution in [0.15, 0.2) is 90.4 Å². The number of nitrogens with zero attached hydrogens (tertiary/aromatic N) is 6. The van der Waals surface area contributed by atoms with E-state index >= 15 is 0 Å². The molecule has 12 heteroatoms. The Hall–Kier alpha value is -3.41. The predicted molar refractivity (Wildman–Crippen MR) is 200 cm³/mol. The topological polar surface area (TPSA) is 67.6 Å². The van der Waals surface area contributed by atoms with Crippen LogP contribution in [-0.2, 0) is 21.8 Å². The number of aromatic nitrogens is 2. The summed E-state index contributed by atoms with van der Waals surface area (Å²) in [5.74, 6) is 0.846. The lowest BCUT2D eigenvalue weighted by Gasteiger charge is -2.37. The molecule has 0 saturated carbocycles. The van der Waals surface area contributed by atoms with Crippen LogP contribution in [0, 0.1) is 0 Å². The van der Waals surface area contributed by atoms with Gasteiger partial charge in [-0.15, -0.1) is 0 Å². The van der Waals surface area contributed by atoms with Crippen molar-refractivity contribution in [3.63, 3.8) is 0 Å². The van der Waals surface area contributed by atoms with Crippen molar-refractivity contribution in [1.82, 2.24) is 14.5 Å². The molecule has 3 aromatic carbocycles. The number of aliphatic imine (C=N–C) groups is 1. The quantitative estimate of drug-likeness (QED) is 0.165. The van der Waals surface area contributed by atoms with Crippen LogP contribution in [0.3, 0.4) is 0 Å². The van der Waals surface area contributed by atoms with Gasteiger partial charge in [-0.25, -0.2) is 9.98 Å². The number of halogens is 2. The van der Waals surface area contributed by atoms with E-state index in [1.54, 1.807) is 24.7 Å². The van der Waals surface area contributed by atoms with Crippen LogP contribution in [0.4, 0.5) is 17.1 Å². The van der Waals surface area contributed by atoms with Gasteiger partial charge < -0.3 is 33.5 Å². The molecule has 49 heavy (non-hydrogen) atoms. The molecule has 3 aliphatic rings. The lowest BCUT2D eigenvalue weighted by atomic mass is 10.1. The first-order valence-electron chi connectivity index (χ1n) is 16.9. The van der Waals surface area contributed by atoms with Crippen molar-refractivity contribution >= 4 is 57.2 Å². The Morgan fingerprint density at radius 3 is 2.33 bits per heavy atom. The first-order chi connectivity index (χ1) is 23.8. The second kappa shape index (κ2) is 15.2. The van der Waals surface area contributed by atoms with Crippen LogP contribution in [0.1, 0.15) is 25.8 Å². The molecule has 9 nitrogen and oxygen atoms in total. The van der Waals surface area contributed by atoms with Gasteiger partial charge in [-0.3, -0.25) is 0 Å². The van der Waals surface area contributed by atoms with Crippen molar-refractivity contribution in [2.24, 2.45) is 4.99 Å². The molecular weight excluding hydrogens is 679 g/mol. The third kappa shape index (κ3) is 7.99. The van der Waals surface area contributed by atoms with Crippen molar-refractivity contribution in [2.45, 2.75) is 44.7 Å². The average molecular weight is 722 g/mol. The molecule has 0 N–H and O–H groups in total. The van der Waals surface area contributed by atoms with Crippen molar-refractivity contribution < 1.29 is 14.2 Å². The number of hydrogen-bond acceptors (Lipinski definition) is 8. The van der Waals surface area contributed by atoms with Crippen LogP contribution in [-0.4, -0.2) is 83.5 Å². The monoisotopic (exact) mass is 720 g/mol. The molecule has 258 valence electrons. The van der Waals surface area contributed by atoms with Crippen molar-refractivity contribution in [1.29, 1.82) is 0 Å². The summed E-state index contributed by atoms with van der Waals surface area (Å²) in [7, 11) is 0. The lowest BCUT2D eigenvalue weighted by Crippen LogP contribution is -2.46. The zero-order valence-electron chi connectivity index (χ0n) is 27.9. The van der Waals surface area contributed by atoms with Crippen molar-refractivity contribution in [3.8, 4) is 5.75 Å². The fourth-order valence-corrected chi connectivity index (χ4v) is 8.19. The molecule has 3 aliphatic heterocycles. The molecule has 0 bridgehead atoms. The maximum absolute atomic E-state index is 6.61. The minimum Gasteiger partial charge on any atom is -0.491 e. The van der Waals surface area contributed by atoms with E-state index in [9.17, 15) is 0 Å². The summed E-state index contributed by atoms with van der Waals surface area (Å²) in [5, 5.41) is 2.18. The Bertz CT molecular complexity index is 1720. The van der Waals surface area contributed by atoms with E-state index in [0.717, 1.165) is 60.6 Å². The maximum Gasteiger partial charge on any atom is 0.215 e. The molecular formula is C37H42Cl2N6O3S. The molecule has 0 spiro atoms. The summed E-state index contributed by atoms with van der Waals surface area (Å²) in [6.07, 6.45) is 6.25. The molecule has 0 radical (unpaired) electrons. The lowest BCUT2D eigenvalue weighted by molar-refractivity contribution is -0.189. The molecule has 4 heterocycles. The number of hydrogen-bond donors (Lipinski definition) is 0. The van der Waals surface area contributed by atoms with Crippen LogP contribution in [0.2, 0.25) is 10.0 Å². The van der Waals surface area contributed by atoms with Gasteiger partial charge in [-0.05, 0) is 80.9 Å². The second-order valence-corrected chi connectivity index (χ2v) is 14.7. The highest BCUT2D eigenvalue weighted by Crippen LogP contribution is 2.40. The minimum atomic E-state index is -1.08. The zero-order chi connectivity index (χ0) is 33.8. The molecule has 2 atom stereocenters. The number of thioether (sulfide) groups is 1. The van der Waals surface area contributed by atoms with Gasteiger partial charge in [0.15, 0.2) is 5.17 Å². The number of anilines is 2. The van der Waals surface area contributed by atoms with Crippen LogP contribution < -0.4 is 14.5 Å². The summed E-state index contributed by atoms with van der Waals surface area (Å²) in [6.45, 7) is 10.5. The van der Waals surface area contributed by atoms with Crippen LogP contribution in [0.25, 0.3) is 0 Å². The van der Waals surface area contributed by atoms with E-state index in [2.05, 4.69) is 69.9 Å². The summed E-state index contributed by atoms with van der Waals surface area (Å²) in [6, 6.07) is 22.8. The molecule has 0 unspecified atom stereocenters. The number of ether oxygens (including phenoxy) is 3. The number of rotatable bonds is 10. The third-order valence-electron chi connectivity index (χ3n) is 9.15. The molecule has 7 rings (SSSR count).